The lowest BCUT2D eigenvalue weighted by Gasteiger charge is -2.46. The number of amides is 1. The summed E-state index contributed by atoms with van der Waals surface area (Å²) in [6.45, 7) is 2.27. The van der Waals surface area contributed by atoms with Crippen molar-refractivity contribution in [3.05, 3.63) is 12.2 Å². The Labute approximate surface area is 79.6 Å². The maximum atomic E-state index is 11.4. The molecule has 0 aromatic rings. The van der Waals surface area contributed by atoms with Gasteiger partial charge < -0.3 is 4.90 Å². The molecule has 2 atom stereocenters. The van der Waals surface area contributed by atoms with Crippen LogP contribution in [0.5, 0.6) is 0 Å². The van der Waals surface area contributed by atoms with Crippen molar-refractivity contribution in [3.63, 3.8) is 0 Å². The number of rotatable bonds is 0. The summed E-state index contributed by atoms with van der Waals surface area (Å²) in [7, 11) is 1.93. The van der Waals surface area contributed by atoms with Crippen molar-refractivity contribution in [1.29, 1.82) is 0 Å². The Hall–Kier alpha value is -0.790. The van der Waals surface area contributed by atoms with Gasteiger partial charge in [0.25, 0.3) is 0 Å². The van der Waals surface area contributed by atoms with E-state index in [0.717, 1.165) is 0 Å². The minimum absolute atomic E-state index is 0.171. The van der Waals surface area contributed by atoms with Gasteiger partial charge in [-0.25, -0.2) is 0 Å². The van der Waals surface area contributed by atoms with Gasteiger partial charge in [0.15, 0.2) is 0 Å². The highest BCUT2D eigenvalue weighted by molar-refractivity contribution is 5.88. The van der Waals surface area contributed by atoms with Crippen molar-refractivity contribution in [2.45, 2.75) is 38.6 Å². The van der Waals surface area contributed by atoms with Gasteiger partial charge in [-0.15, -0.1) is 0 Å². The average molecular weight is 179 g/mol. The van der Waals surface area contributed by atoms with Crippen molar-refractivity contribution in [1.82, 2.24) is 4.90 Å². The van der Waals surface area contributed by atoms with Gasteiger partial charge in [-0.2, -0.15) is 0 Å². The third-order valence-corrected chi connectivity index (χ3v) is 3.63. The van der Waals surface area contributed by atoms with Crippen molar-refractivity contribution in [2.24, 2.45) is 5.41 Å². The van der Waals surface area contributed by atoms with Gasteiger partial charge in [0.1, 0.15) is 0 Å². The predicted molar refractivity (Wildman–Crippen MR) is 52.3 cm³/mol. The van der Waals surface area contributed by atoms with E-state index in [1.54, 1.807) is 6.08 Å². The van der Waals surface area contributed by atoms with E-state index in [2.05, 4.69) is 13.0 Å². The maximum Gasteiger partial charge on any atom is 0.246 e. The Bertz CT molecular complexity index is 259. The van der Waals surface area contributed by atoms with E-state index >= 15 is 0 Å². The molecule has 2 nitrogen and oxygen atoms in total. The first kappa shape index (κ1) is 8.79. The lowest BCUT2D eigenvalue weighted by Crippen LogP contribution is -2.50. The number of nitrogens with zero attached hydrogens (tertiary/aromatic N) is 1. The second-order valence-corrected chi connectivity index (χ2v) is 4.55. The first-order valence-corrected chi connectivity index (χ1v) is 5.09. The molecular weight excluding hydrogens is 162 g/mol. The standard InChI is InChI=1S/C11H17NO/c1-11-7-4-3-5-9(11)12(2)10(13)6-8-11/h6,8-9H,3-5,7H2,1-2H3/t9?,11-/m0/s1. The van der Waals surface area contributed by atoms with Gasteiger partial charge in [0.05, 0.1) is 0 Å². The second kappa shape index (κ2) is 2.86. The molecule has 0 radical (unpaired) electrons. The Morgan fingerprint density at radius 2 is 2.31 bits per heavy atom. The summed E-state index contributed by atoms with van der Waals surface area (Å²) in [4.78, 5) is 13.3. The van der Waals surface area contributed by atoms with Gasteiger partial charge in [-0.3, -0.25) is 4.79 Å². The summed E-state index contributed by atoms with van der Waals surface area (Å²) in [5.74, 6) is 0.171. The lowest BCUT2D eigenvalue weighted by molar-refractivity contribution is -0.131. The monoisotopic (exact) mass is 179 g/mol. The fourth-order valence-electron chi connectivity index (χ4n) is 2.70. The number of hydrogen-bond acceptors (Lipinski definition) is 1. The molecule has 2 rings (SSSR count). The van der Waals surface area contributed by atoms with Gasteiger partial charge >= 0.3 is 0 Å². The van der Waals surface area contributed by atoms with E-state index in [1.165, 1.54) is 25.7 Å². The molecule has 0 aromatic heterocycles. The zero-order valence-electron chi connectivity index (χ0n) is 8.42. The number of carbonyl (C=O) groups is 1. The summed E-state index contributed by atoms with van der Waals surface area (Å²) < 4.78 is 0. The fourth-order valence-corrected chi connectivity index (χ4v) is 2.70. The quantitative estimate of drug-likeness (QED) is 0.556. The highest BCUT2D eigenvalue weighted by atomic mass is 16.2. The van der Waals surface area contributed by atoms with Crippen molar-refractivity contribution < 1.29 is 4.79 Å². The summed E-state index contributed by atoms with van der Waals surface area (Å²) in [6.07, 6.45) is 8.83. The first-order valence-electron chi connectivity index (χ1n) is 5.09. The molecule has 0 spiro atoms. The predicted octanol–water partition coefficient (Wildman–Crippen LogP) is 1.96. The van der Waals surface area contributed by atoms with E-state index in [1.807, 2.05) is 11.9 Å². The minimum atomic E-state index is 0.171. The van der Waals surface area contributed by atoms with Crippen LogP contribution < -0.4 is 0 Å². The second-order valence-electron chi connectivity index (χ2n) is 4.55. The topological polar surface area (TPSA) is 20.3 Å². The maximum absolute atomic E-state index is 11.4. The molecule has 1 fully saturated rings. The largest absolute Gasteiger partial charge is 0.338 e. The van der Waals surface area contributed by atoms with Crippen LogP contribution in [0.3, 0.4) is 0 Å². The van der Waals surface area contributed by atoms with E-state index in [-0.39, 0.29) is 11.3 Å². The molecule has 0 aromatic carbocycles. The molecule has 1 aliphatic carbocycles. The van der Waals surface area contributed by atoms with E-state index < -0.39 is 0 Å². The van der Waals surface area contributed by atoms with E-state index in [0.29, 0.717) is 6.04 Å². The smallest absolute Gasteiger partial charge is 0.246 e. The molecule has 2 heteroatoms. The zero-order chi connectivity index (χ0) is 9.47. The van der Waals surface area contributed by atoms with Gasteiger partial charge in [-0.1, -0.05) is 25.8 Å². The van der Waals surface area contributed by atoms with Gasteiger partial charge in [0.2, 0.25) is 5.91 Å². The van der Waals surface area contributed by atoms with Gasteiger partial charge in [0, 0.05) is 18.5 Å². The normalized spacial score (nSPS) is 39.1. The Balaban J connectivity index is 2.31. The Morgan fingerprint density at radius 1 is 1.54 bits per heavy atom. The first-order chi connectivity index (χ1) is 6.13. The number of carbonyl (C=O) groups excluding carboxylic acids is 1. The highest BCUT2D eigenvalue weighted by Crippen LogP contribution is 2.41. The molecule has 1 aliphatic heterocycles. The molecule has 13 heavy (non-hydrogen) atoms. The third kappa shape index (κ3) is 1.28. The summed E-state index contributed by atoms with van der Waals surface area (Å²) in [5.41, 5.74) is 0.251. The highest BCUT2D eigenvalue weighted by Gasteiger charge is 2.40. The van der Waals surface area contributed by atoms with Crippen LogP contribution in [0.2, 0.25) is 0 Å². The van der Waals surface area contributed by atoms with Crippen LogP contribution in [-0.2, 0) is 4.79 Å². The van der Waals surface area contributed by atoms with Crippen LogP contribution >= 0.6 is 0 Å². The lowest BCUT2D eigenvalue weighted by atomic mass is 9.69. The molecule has 72 valence electrons. The molecular formula is C11H17NO. The number of likely N-dealkylation sites (N-methyl/N-ethyl adjacent to an activating group) is 1. The average Bonchev–Trinajstić information content (AvgIpc) is 2.12. The van der Waals surface area contributed by atoms with Crippen LogP contribution in [0.4, 0.5) is 0 Å². The summed E-state index contributed by atoms with van der Waals surface area (Å²) >= 11 is 0. The molecule has 1 heterocycles. The summed E-state index contributed by atoms with van der Waals surface area (Å²) in [6, 6.07) is 0.443. The number of hydrogen-bond donors (Lipinski definition) is 0. The fraction of sp³-hybridized carbons (Fsp3) is 0.727. The molecule has 0 saturated heterocycles. The molecule has 1 amide bonds. The molecule has 0 N–H and O–H groups in total. The van der Waals surface area contributed by atoms with Crippen LogP contribution in [0.15, 0.2) is 12.2 Å². The molecule has 0 bridgehead atoms. The van der Waals surface area contributed by atoms with E-state index in [4.69, 9.17) is 0 Å². The third-order valence-electron chi connectivity index (χ3n) is 3.63. The van der Waals surface area contributed by atoms with E-state index in [9.17, 15) is 4.79 Å². The van der Waals surface area contributed by atoms with Crippen LogP contribution in [0.25, 0.3) is 0 Å². The zero-order valence-corrected chi connectivity index (χ0v) is 8.42. The van der Waals surface area contributed by atoms with Crippen molar-refractivity contribution in [3.8, 4) is 0 Å². The van der Waals surface area contributed by atoms with Crippen LogP contribution in [0, 0.1) is 5.41 Å². The Morgan fingerprint density at radius 3 is 3.08 bits per heavy atom. The van der Waals surface area contributed by atoms with Crippen molar-refractivity contribution >= 4 is 5.91 Å². The van der Waals surface area contributed by atoms with Crippen LogP contribution in [-0.4, -0.2) is 23.9 Å². The minimum Gasteiger partial charge on any atom is -0.338 e. The van der Waals surface area contributed by atoms with Gasteiger partial charge in [-0.05, 0) is 18.9 Å². The molecule has 1 saturated carbocycles. The summed E-state index contributed by atoms with van der Waals surface area (Å²) in [5, 5.41) is 0. The van der Waals surface area contributed by atoms with Crippen molar-refractivity contribution in [2.75, 3.05) is 7.05 Å². The molecule has 1 unspecified atom stereocenters. The van der Waals surface area contributed by atoms with Crippen LogP contribution in [0.1, 0.15) is 32.6 Å². The Kier molecular flexibility index (Phi) is 1.94. The number of fused-ring (bicyclic) bond motifs is 1. The molecule has 2 aliphatic rings. The SMILES string of the molecule is CN1C(=O)C=C[C@]2(C)CCCCC12.